The number of ketones is 1. The van der Waals surface area contributed by atoms with E-state index in [2.05, 4.69) is 6.92 Å². The molecule has 1 unspecified atom stereocenters. The van der Waals surface area contributed by atoms with Crippen LogP contribution in [-0.4, -0.2) is 42.5 Å². The Bertz CT molecular complexity index is 1320. The maximum Gasteiger partial charge on any atom is 0.295 e. The molecule has 0 aromatic heterocycles. The van der Waals surface area contributed by atoms with Crippen LogP contribution in [0.15, 0.2) is 78.4 Å². The predicted octanol–water partition coefficient (Wildman–Crippen LogP) is 5.89. The van der Waals surface area contributed by atoms with Gasteiger partial charge in [-0.15, -0.1) is 0 Å². The van der Waals surface area contributed by atoms with E-state index >= 15 is 0 Å². The first-order chi connectivity index (χ1) is 18.5. The van der Waals surface area contributed by atoms with Gasteiger partial charge in [-0.05, 0) is 41.8 Å². The van der Waals surface area contributed by atoms with Crippen molar-refractivity contribution in [1.82, 2.24) is 4.90 Å². The Balaban J connectivity index is 1.80. The van der Waals surface area contributed by atoms with Gasteiger partial charge in [0.25, 0.3) is 11.7 Å². The van der Waals surface area contributed by atoms with Gasteiger partial charge in [0.1, 0.15) is 11.5 Å². The number of nitrogens with zero attached hydrogens (tertiary/aromatic N) is 1. The van der Waals surface area contributed by atoms with E-state index < -0.39 is 17.7 Å². The van der Waals surface area contributed by atoms with E-state index in [9.17, 15) is 14.7 Å². The van der Waals surface area contributed by atoms with Crippen molar-refractivity contribution in [1.29, 1.82) is 0 Å². The van der Waals surface area contributed by atoms with Crippen molar-refractivity contribution in [2.24, 2.45) is 0 Å². The summed E-state index contributed by atoms with van der Waals surface area (Å²) < 4.78 is 16.8. The summed E-state index contributed by atoms with van der Waals surface area (Å²) in [7, 11) is 3.07. The summed E-state index contributed by atoms with van der Waals surface area (Å²) in [5.74, 6) is -0.0878. The molecule has 0 saturated carbocycles. The van der Waals surface area contributed by atoms with Crippen molar-refractivity contribution in [2.45, 2.75) is 38.8 Å². The third-order valence-electron chi connectivity index (χ3n) is 6.59. The Kier molecular flexibility index (Phi) is 8.69. The SMILES string of the molecule is CCCCCOc1ccc(C2C(=C(O)c3cccc(OC)c3)C(=O)C(=O)N2Cc2ccccc2)cc1OC. The highest BCUT2D eigenvalue weighted by Crippen LogP contribution is 2.43. The highest BCUT2D eigenvalue weighted by Gasteiger charge is 2.46. The summed E-state index contributed by atoms with van der Waals surface area (Å²) in [6.07, 6.45) is 3.09. The topological polar surface area (TPSA) is 85.3 Å². The quantitative estimate of drug-likeness (QED) is 0.148. The van der Waals surface area contributed by atoms with Crippen LogP contribution in [0.2, 0.25) is 0 Å². The molecule has 198 valence electrons. The minimum Gasteiger partial charge on any atom is -0.507 e. The average molecular weight is 516 g/mol. The van der Waals surface area contributed by atoms with Crippen LogP contribution in [0.3, 0.4) is 0 Å². The largest absolute Gasteiger partial charge is 0.507 e. The van der Waals surface area contributed by atoms with Crippen LogP contribution in [0.25, 0.3) is 5.76 Å². The molecule has 1 heterocycles. The number of aliphatic hydroxyl groups excluding tert-OH is 1. The maximum atomic E-state index is 13.4. The van der Waals surface area contributed by atoms with Gasteiger partial charge in [0, 0.05) is 12.1 Å². The van der Waals surface area contributed by atoms with Gasteiger partial charge in [0.15, 0.2) is 11.5 Å². The summed E-state index contributed by atoms with van der Waals surface area (Å²) in [6, 6.07) is 20.7. The summed E-state index contributed by atoms with van der Waals surface area (Å²) in [5, 5.41) is 11.4. The highest BCUT2D eigenvalue weighted by molar-refractivity contribution is 6.46. The molecular formula is C31H33NO6. The van der Waals surface area contributed by atoms with Crippen LogP contribution < -0.4 is 14.2 Å². The zero-order valence-electron chi connectivity index (χ0n) is 22.0. The minimum atomic E-state index is -0.829. The zero-order valence-corrected chi connectivity index (χ0v) is 22.0. The normalized spacial score (nSPS) is 16.5. The first kappa shape index (κ1) is 26.8. The Morgan fingerprint density at radius 2 is 1.68 bits per heavy atom. The second-order valence-corrected chi connectivity index (χ2v) is 9.11. The van der Waals surface area contributed by atoms with E-state index in [1.165, 1.54) is 12.0 Å². The number of likely N-dealkylation sites (tertiary alicyclic amines) is 1. The van der Waals surface area contributed by atoms with Gasteiger partial charge in [0.2, 0.25) is 0 Å². The Morgan fingerprint density at radius 3 is 2.39 bits per heavy atom. The van der Waals surface area contributed by atoms with Crippen molar-refractivity contribution in [3.05, 3.63) is 95.1 Å². The standard InChI is InChI=1S/C31H33NO6/c1-4-5-9-17-38-25-16-15-22(19-26(25)37-3)28-27(29(33)23-13-10-14-24(18-23)36-2)30(34)31(35)32(28)20-21-11-7-6-8-12-21/h6-8,10-16,18-19,28,33H,4-5,9,17,20H2,1-3H3. The molecule has 0 aliphatic carbocycles. The summed E-state index contributed by atoms with van der Waals surface area (Å²) in [5.41, 5.74) is 1.89. The number of amides is 1. The molecule has 1 N–H and O–H groups in total. The molecule has 1 saturated heterocycles. The number of carbonyl (C=O) groups excluding carboxylic acids is 2. The molecule has 0 bridgehead atoms. The van der Waals surface area contributed by atoms with E-state index in [0.29, 0.717) is 35.0 Å². The first-order valence-electron chi connectivity index (χ1n) is 12.8. The van der Waals surface area contributed by atoms with E-state index in [0.717, 1.165) is 24.8 Å². The van der Waals surface area contributed by atoms with Gasteiger partial charge in [0.05, 0.1) is 32.4 Å². The number of unbranched alkanes of at least 4 members (excludes halogenated alkanes) is 2. The van der Waals surface area contributed by atoms with Gasteiger partial charge >= 0.3 is 0 Å². The first-order valence-corrected chi connectivity index (χ1v) is 12.8. The van der Waals surface area contributed by atoms with Gasteiger partial charge in [-0.3, -0.25) is 9.59 Å². The fourth-order valence-electron chi connectivity index (χ4n) is 4.60. The van der Waals surface area contributed by atoms with Crippen LogP contribution in [0.5, 0.6) is 17.2 Å². The van der Waals surface area contributed by atoms with Crippen molar-refractivity contribution in [3.63, 3.8) is 0 Å². The van der Waals surface area contributed by atoms with Gasteiger partial charge in [-0.25, -0.2) is 0 Å². The lowest BCUT2D eigenvalue weighted by Crippen LogP contribution is -2.29. The fraction of sp³-hybridized carbons (Fsp3) is 0.290. The molecule has 1 atom stereocenters. The number of methoxy groups -OCH3 is 2. The van der Waals surface area contributed by atoms with E-state index in [1.807, 2.05) is 36.4 Å². The third-order valence-corrected chi connectivity index (χ3v) is 6.59. The number of carbonyl (C=O) groups is 2. The smallest absolute Gasteiger partial charge is 0.295 e. The van der Waals surface area contributed by atoms with E-state index in [4.69, 9.17) is 14.2 Å². The molecule has 1 amide bonds. The van der Waals surface area contributed by atoms with Crippen molar-refractivity contribution in [2.75, 3.05) is 20.8 Å². The fourth-order valence-corrected chi connectivity index (χ4v) is 4.60. The van der Waals surface area contributed by atoms with Crippen LogP contribution in [-0.2, 0) is 16.1 Å². The lowest BCUT2D eigenvalue weighted by Gasteiger charge is -2.26. The molecule has 3 aromatic carbocycles. The Morgan fingerprint density at radius 1 is 0.895 bits per heavy atom. The second-order valence-electron chi connectivity index (χ2n) is 9.11. The zero-order chi connectivity index (χ0) is 27.1. The lowest BCUT2D eigenvalue weighted by molar-refractivity contribution is -0.140. The molecule has 7 heteroatoms. The molecule has 0 radical (unpaired) electrons. The van der Waals surface area contributed by atoms with E-state index in [-0.39, 0.29) is 17.9 Å². The van der Waals surface area contributed by atoms with Gasteiger partial charge in [-0.2, -0.15) is 0 Å². The average Bonchev–Trinajstić information content (AvgIpc) is 3.20. The van der Waals surface area contributed by atoms with Gasteiger partial charge < -0.3 is 24.2 Å². The van der Waals surface area contributed by atoms with Crippen LogP contribution in [0.1, 0.15) is 48.9 Å². The summed E-state index contributed by atoms with van der Waals surface area (Å²) >= 11 is 0. The number of benzene rings is 3. The molecule has 3 aromatic rings. The lowest BCUT2D eigenvalue weighted by atomic mass is 9.94. The number of Topliss-reactive ketones (excluding diaryl/α,β-unsaturated/α-hetero) is 1. The monoisotopic (exact) mass is 515 g/mol. The second kappa shape index (κ2) is 12.3. The molecule has 1 aliphatic rings. The molecule has 0 spiro atoms. The number of aliphatic hydroxyl groups is 1. The predicted molar refractivity (Wildman–Crippen MR) is 145 cm³/mol. The number of hydrogen-bond acceptors (Lipinski definition) is 6. The third kappa shape index (κ3) is 5.67. The summed E-state index contributed by atoms with van der Waals surface area (Å²) in [4.78, 5) is 28.2. The number of hydrogen-bond donors (Lipinski definition) is 1. The molecule has 1 fully saturated rings. The van der Waals surface area contributed by atoms with Crippen LogP contribution >= 0.6 is 0 Å². The number of ether oxygens (including phenoxy) is 3. The molecule has 1 aliphatic heterocycles. The number of rotatable bonds is 11. The molecular weight excluding hydrogens is 482 g/mol. The highest BCUT2D eigenvalue weighted by atomic mass is 16.5. The van der Waals surface area contributed by atoms with Crippen molar-refractivity contribution in [3.8, 4) is 17.2 Å². The van der Waals surface area contributed by atoms with Crippen molar-refractivity contribution < 1.29 is 28.9 Å². The Labute approximate surface area is 223 Å². The van der Waals surface area contributed by atoms with Crippen molar-refractivity contribution >= 4 is 17.4 Å². The van der Waals surface area contributed by atoms with E-state index in [1.54, 1.807) is 43.5 Å². The summed E-state index contributed by atoms with van der Waals surface area (Å²) in [6.45, 7) is 2.89. The Hall–Kier alpha value is -4.26. The maximum absolute atomic E-state index is 13.4. The van der Waals surface area contributed by atoms with Gasteiger partial charge in [-0.1, -0.05) is 68.3 Å². The van der Waals surface area contributed by atoms with Crippen LogP contribution in [0.4, 0.5) is 0 Å². The van der Waals surface area contributed by atoms with Crippen LogP contribution in [0, 0.1) is 0 Å². The molecule has 7 nitrogen and oxygen atoms in total. The molecule has 38 heavy (non-hydrogen) atoms. The molecule has 4 rings (SSSR count). The minimum absolute atomic E-state index is 0.0119.